The third-order valence-corrected chi connectivity index (χ3v) is 1.89. The van der Waals surface area contributed by atoms with Crippen molar-refractivity contribution < 1.29 is 14.3 Å². The van der Waals surface area contributed by atoms with Crippen molar-refractivity contribution >= 4 is 23.1 Å². The van der Waals surface area contributed by atoms with Gasteiger partial charge in [0.25, 0.3) is 6.01 Å². The van der Waals surface area contributed by atoms with Crippen molar-refractivity contribution in [1.82, 2.24) is 4.98 Å². The molecule has 1 aromatic heterocycles. The summed E-state index contributed by atoms with van der Waals surface area (Å²) >= 11 is 0. The molecule has 0 aliphatic carbocycles. The lowest BCUT2D eigenvalue weighted by molar-refractivity contribution is 0.0698. The Hall–Kier alpha value is -2.04. The number of carboxylic acid groups (broad SMARTS) is 1. The predicted molar refractivity (Wildman–Crippen MR) is 50.1 cm³/mol. The van der Waals surface area contributed by atoms with E-state index in [1.165, 1.54) is 6.07 Å². The average molecular weight is 192 g/mol. The van der Waals surface area contributed by atoms with E-state index in [-0.39, 0.29) is 11.6 Å². The van der Waals surface area contributed by atoms with E-state index in [1.807, 2.05) is 0 Å². The van der Waals surface area contributed by atoms with Gasteiger partial charge < -0.3 is 15.3 Å². The van der Waals surface area contributed by atoms with Crippen LogP contribution in [0.4, 0.5) is 6.01 Å². The molecule has 0 aliphatic rings. The number of carbonyl (C=O) groups is 1. The largest absolute Gasteiger partial charge is 0.478 e. The van der Waals surface area contributed by atoms with E-state index in [9.17, 15) is 4.79 Å². The molecule has 0 unspecified atom stereocenters. The van der Waals surface area contributed by atoms with Crippen LogP contribution in [0.3, 0.4) is 0 Å². The van der Waals surface area contributed by atoms with Gasteiger partial charge >= 0.3 is 5.97 Å². The van der Waals surface area contributed by atoms with Crippen LogP contribution in [0.25, 0.3) is 11.1 Å². The summed E-state index contributed by atoms with van der Waals surface area (Å²) in [6, 6.07) is 3.21. The van der Waals surface area contributed by atoms with Crippen molar-refractivity contribution in [2.75, 3.05) is 5.73 Å². The van der Waals surface area contributed by atoms with Crippen molar-refractivity contribution in [3.05, 3.63) is 23.3 Å². The Morgan fingerprint density at radius 1 is 1.57 bits per heavy atom. The maximum atomic E-state index is 10.9. The highest BCUT2D eigenvalue weighted by Crippen LogP contribution is 2.22. The van der Waals surface area contributed by atoms with Crippen molar-refractivity contribution in [1.29, 1.82) is 0 Å². The number of rotatable bonds is 1. The summed E-state index contributed by atoms with van der Waals surface area (Å²) in [6.45, 7) is 1.78. The highest BCUT2D eigenvalue weighted by Gasteiger charge is 2.14. The standard InChI is InChI=1S/C9H8N2O3/c1-4-2-5(8(12)13)7-6(3-4)14-9(10)11-7/h2-3H,1H3,(H2,10,11)(H,12,13). The van der Waals surface area contributed by atoms with E-state index in [1.54, 1.807) is 13.0 Å². The molecule has 5 heteroatoms. The molecule has 5 nitrogen and oxygen atoms in total. The molecule has 14 heavy (non-hydrogen) atoms. The lowest BCUT2D eigenvalue weighted by Crippen LogP contribution is -1.98. The first-order chi connectivity index (χ1) is 6.58. The monoisotopic (exact) mass is 192 g/mol. The molecule has 2 aromatic rings. The third-order valence-electron chi connectivity index (χ3n) is 1.89. The highest BCUT2D eigenvalue weighted by molar-refractivity contribution is 6.01. The molecule has 0 radical (unpaired) electrons. The van der Waals surface area contributed by atoms with E-state index >= 15 is 0 Å². The van der Waals surface area contributed by atoms with Crippen LogP contribution in [0, 0.1) is 6.92 Å². The number of hydrogen-bond donors (Lipinski definition) is 2. The van der Waals surface area contributed by atoms with Crippen molar-refractivity contribution in [2.24, 2.45) is 0 Å². The van der Waals surface area contributed by atoms with Gasteiger partial charge in [-0.15, -0.1) is 0 Å². The van der Waals surface area contributed by atoms with Gasteiger partial charge in [-0.05, 0) is 24.6 Å². The maximum Gasteiger partial charge on any atom is 0.338 e. The number of hydrogen-bond acceptors (Lipinski definition) is 4. The number of carboxylic acids is 1. The van der Waals surface area contributed by atoms with Crippen LogP contribution in [0.1, 0.15) is 15.9 Å². The quantitative estimate of drug-likeness (QED) is 0.713. The maximum absolute atomic E-state index is 10.9. The van der Waals surface area contributed by atoms with E-state index in [4.69, 9.17) is 15.3 Å². The van der Waals surface area contributed by atoms with Crippen LogP contribution in [0.15, 0.2) is 16.5 Å². The number of benzene rings is 1. The topological polar surface area (TPSA) is 89.3 Å². The Morgan fingerprint density at radius 3 is 2.93 bits per heavy atom. The van der Waals surface area contributed by atoms with Gasteiger partial charge in [0.2, 0.25) is 0 Å². The number of oxazole rings is 1. The number of fused-ring (bicyclic) bond motifs is 1. The summed E-state index contributed by atoms with van der Waals surface area (Å²) in [5.41, 5.74) is 6.94. The predicted octanol–water partition coefficient (Wildman–Crippen LogP) is 1.42. The lowest BCUT2D eigenvalue weighted by Gasteiger charge is -1.96. The van der Waals surface area contributed by atoms with E-state index in [0.717, 1.165) is 5.56 Å². The molecular weight excluding hydrogens is 184 g/mol. The molecule has 3 N–H and O–H groups in total. The molecule has 0 fully saturated rings. The van der Waals surface area contributed by atoms with Gasteiger partial charge in [-0.25, -0.2) is 4.79 Å². The molecule has 0 amide bonds. The minimum absolute atomic E-state index is 0.0203. The zero-order valence-corrected chi connectivity index (χ0v) is 7.44. The molecule has 0 bridgehead atoms. The summed E-state index contributed by atoms with van der Waals surface area (Å²) in [7, 11) is 0. The molecule has 1 heterocycles. The fraction of sp³-hybridized carbons (Fsp3) is 0.111. The Morgan fingerprint density at radius 2 is 2.29 bits per heavy atom. The molecule has 0 saturated heterocycles. The third kappa shape index (κ3) is 1.19. The highest BCUT2D eigenvalue weighted by atomic mass is 16.4. The van der Waals surface area contributed by atoms with Crippen LogP contribution >= 0.6 is 0 Å². The van der Waals surface area contributed by atoms with Crippen LogP contribution in [0.5, 0.6) is 0 Å². The van der Waals surface area contributed by atoms with E-state index in [0.29, 0.717) is 11.1 Å². The van der Waals surface area contributed by atoms with Gasteiger partial charge in [-0.1, -0.05) is 0 Å². The second-order valence-electron chi connectivity index (χ2n) is 3.02. The minimum Gasteiger partial charge on any atom is -0.478 e. The Bertz CT molecular complexity index is 516. The van der Waals surface area contributed by atoms with Crippen molar-refractivity contribution in [3.63, 3.8) is 0 Å². The Balaban J connectivity index is 2.85. The zero-order valence-electron chi connectivity index (χ0n) is 7.44. The van der Waals surface area contributed by atoms with Gasteiger partial charge in [-0.2, -0.15) is 4.98 Å². The van der Waals surface area contributed by atoms with Crippen LogP contribution in [0.2, 0.25) is 0 Å². The molecule has 1 aromatic carbocycles. The molecule has 0 aliphatic heterocycles. The van der Waals surface area contributed by atoms with Gasteiger partial charge in [0, 0.05) is 0 Å². The number of nitrogen functional groups attached to an aromatic ring is 1. The minimum atomic E-state index is -1.04. The number of anilines is 1. The smallest absolute Gasteiger partial charge is 0.338 e. The second-order valence-corrected chi connectivity index (χ2v) is 3.02. The van der Waals surface area contributed by atoms with E-state index in [2.05, 4.69) is 4.98 Å². The zero-order chi connectivity index (χ0) is 10.3. The number of aromatic nitrogens is 1. The summed E-state index contributed by atoms with van der Waals surface area (Å²) in [4.78, 5) is 14.7. The first-order valence-corrected chi connectivity index (χ1v) is 3.98. The number of aryl methyl sites for hydroxylation is 1. The fourth-order valence-corrected chi connectivity index (χ4v) is 1.35. The van der Waals surface area contributed by atoms with Gasteiger partial charge in [0.05, 0.1) is 5.56 Å². The normalized spacial score (nSPS) is 10.6. The Kier molecular flexibility index (Phi) is 1.67. The van der Waals surface area contributed by atoms with Gasteiger partial charge in [0.1, 0.15) is 5.52 Å². The van der Waals surface area contributed by atoms with Crippen molar-refractivity contribution in [3.8, 4) is 0 Å². The molecule has 2 rings (SSSR count). The van der Waals surface area contributed by atoms with Gasteiger partial charge in [0.15, 0.2) is 5.58 Å². The first kappa shape index (κ1) is 8.55. The van der Waals surface area contributed by atoms with E-state index < -0.39 is 5.97 Å². The van der Waals surface area contributed by atoms with Gasteiger partial charge in [-0.3, -0.25) is 0 Å². The van der Waals surface area contributed by atoms with Crippen LogP contribution in [-0.2, 0) is 0 Å². The summed E-state index contributed by atoms with van der Waals surface area (Å²) in [6.07, 6.45) is 0. The number of aromatic carboxylic acids is 1. The summed E-state index contributed by atoms with van der Waals surface area (Å²) < 4.78 is 5.04. The molecular formula is C9H8N2O3. The average Bonchev–Trinajstić information content (AvgIpc) is 2.42. The SMILES string of the molecule is Cc1cc(C(=O)O)c2nc(N)oc2c1. The molecule has 0 spiro atoms. The summed E-state index contributed by atoms with van der Waals surface area (Å²) in [5.74, 6) is -1.04. The molecule has 72 valence electrons. The molecule has 0 saturated carbocycles. The fourth-order valence-electron chi connectivity index (χ4n) is 1.35. The first-order valence-electron chi connectivity index (χ1n) is 3.98. The van der Waals surface area contributed by atoms with Crippen LogP contribution < -0.4 is 5.73 Å². The van der Waals surface area contributed by atoms with Crippen molar-refractivity contribution in [2.45, 2.75) is 6.92 Å². The Labute approximate surface area is 79.2 Å². The summed E-state index contributed by atoms with van der Waals surface area (Å²) in [5, 5.41) is 8.89. The number of nitrogens with two attached hydrogens (primary N) is 1. The second kappa shape index (κ2) is 2.73. The number of nitrogens with zero attached hydrogens (tertiary/aromatic N) is 1. The molecule has 0 atom stereocenters. The lowest BCUT2D eigenvalue weighted by atomic mass is 10.1. The van der Waals surface area contributed by atoms with Crippen LogP contribution in [-0.4, -0.2) is 16.1 Å².